The first-order valence-electron chi connectivity index (χ1n) is 9.71. The van der Waals surface area contributed by atoms with Crippen molar-refractivity contribution < 1.29 is 0 Å². The number of likely N-dealkylation sites (tertiary alicyclic amines) is 1. The highest BCUT2D eigenvalue weighted by Gasteiger charge is 2.38. The second-order valence-electron chi connectivity index (χ2n) is 7.77. The number of aliphatic imine (C=N–C) groups is 1. The lowest BCUT2D eigenvalue weighted by Crippen LogP contribution is -2.41. The van der Waals surface area contributed by atoms with Crippen molar-refractivity contribution in [2.24, 2.45) is 23.9 Å². The van der Waals surface area contributed by atoms with Crippen LogP contribution < -0.4 is 5.32 Å². The zero-order chi connectivity index (χ0) is 17.9. The summed E-state index contributed by atoms with van der Waals surface area (Å²) < 4.78 is 1.89. The second kappa shape index (κ2) is 7.52. The van der Waals surface area contributed by atoms with Crippen LogP contribution in [-0.4, -0.2) is 47.3 Å². The summed E-state index contributed by atoms with van der Waals surface area (Å²) >= 11 is 0. The number of guanidine groups is 1. The van der Waals surface area contributed by atoms with E-state index in [4.69, 9.17) is 0 Å². The SMILES string of the molecule is CN=C(NCC1CC1c1ccccc1)N1CCC(Cc2cnn(C)c2)C1. The number of hydrogen-bond acceptors (Lipinski definition) is 2. The van der Waals surface area contributed by atoms with Crippen molar-refractivity contribution in [2.45, 2.75) is 25.2 Å². The number of benzene rings is 1. The molecule has 3 atom stereocenters. The average Bonchev–Trinajstić information content (AvgIpc) is 3.10. The van der Waals surface area contributed by atoms with E-state index >= 15 is 0 Å². The Kier molecular flexibility index (Phi) is 4.96. The van der Waals surface area contributed by atoms with Gasteiger partial charge in [0.15, 0.2) is 5.96 Å². The van der Waals surface area contributed by atoms with E-state index in [2.05, 4.69) is 56.8 Å². The van der Waals surface area contributed by atoms with Crippen LogP contribution in [0.3, 0.4) is 0 Å². The number of rotatable bonds is 5. The number of hydrogen-bond donors (Lipinski definition) is 1. The van der Waals surface area contributed by atoms with Crippen LogP contribution in [-0.2, 0) is 13.5 Å². The van der Waals surface area contributed by atoms with Gasteiger partial charge in [-0.15, -0.1) is 0 Å². The first-order chi connectivity index (χ1) is 12.7. The predicted molar refractivity (Wildman–Crippen MR) is 105 cm³/mol. The molecule has 0 spiro atoms. The number of aryl methyl sites for hydroxylation is 1. The minimum atomic E-state index is 0.691. The Labute approximate surface area is 156 Å². The molecule has 1 saturated heterocycles. The molecule has 1 saturated carbocycles. The van der Waals surface area contributed by atoms with E-state index < -0.39 is 0 Å². The van der Waals surface area contributed by atoms with Crippen molar-refractivity contribution >= 4 is 5.96 Å². The Morgan fingerprint density at radius 3 is 2.88 bits per heavy atom. The fourth-order valence-electron chi connectivity index (χ4n) is 4.24. The van der Waals surface area contributed by atoms with Gasteiger partial charge in [0.2, 0.25) is 0 Å². The third-order valence-electron chi connectivity index (χ3n) is 5.75. The zero-order valence-electron chi connectivity index (χ0n) is 15.8. The Bertz CT molecular complexity index is 751. The molecular weight excluding hydrogens is 322 g/mol. The summed E-state index contributed by atoms with van der Waals surface area (Å²) in [4.78, 5) is 6.95. The molecule has 138 valence electrons. The molecule has 0 bridgehead atoms. The number of nitrogens with one attached hydrogen (secondary N) is 1. The maximum atomic E-state index is 4.53. The maximum absolute atomic E-state index is 4.53. The average molecular weight is 351 g/mol. The molecule has 2 heterocycles. The molecular formula is C21H29N5. The monoisotopic (exact) mass is 351 g/mol. The first-order valence-corrected chi connectivity index (χ1v) is 9.71. The molecule has 1 aliphatic carbocycles. The van der Waals surface area contributed by atoms with Gasteiger partial charge in [0.25, 0.3) is 0 Å². The van der Waals surface area contributed by atoms with Gasteiger partial charge >= 0.3 is 0 Å². The normalized spacial score (nSPS) is 25.5. The number of nitrogens with zero attached hydrogens (tertiary/aromatic N) is 4. The van der Waals surface area contributed by atoms with Crippen LogP contribution in [0.2, 0.25) is 0 Å². The van der Waals surface area contributed by atoms with E-state index in [9.17, 15) is 0 Å². The third kappa shape index (κ3) is 3.92. The van der Waals surface area contributed by atoms with Gasteiger partial charge in [-0.05, 0) is 48.1 Å². The van der Waals surface area contributed by atoms with Gasteiger partial charge in [-0.25, -0.2) is 0 Å². The molecule has 5 nitrogen and oxygen atoms in total. The van der Waals surface area contributed by atoms with E-state index in [1.165, 1.54) is 24.0 Å². The number of aromatic nitrogens is 2. The fraction of sp³-hybridized carbons (Fsp3) is 0.524. The van der Waals surface area contributed by atoms with E-state index in [0.29, 0.717) is 5.92 Å². The summed E-state index contributed by atoms with van der Waals surface area (Å²) in [5, 5.41) is 7.90. The Morgan fingerprint density at radius 2 is 2.15 bits per heavy atom. The van der Waals surface area contributed by atoms with Crippen molar-refractivity contribution in [3.05, 3.63) is 53.9 Å². The Hall–Kier alpha value is -2.30. The molecule has 2 aromatic rings. The van der Waals surface area contributed by atoms with Crippen LogP contribution >= 0.6 is 0 Å². The summed E-state index contributed by atoms with van der Waals surface area (Å²) in [6.07, 6.45) is 7.75. The minimum Gasteiger partial charge on any atom is -0.356 e. The van der Waals surface area contributed by atoms with Crippen LogP contribution in [0.4, 0.5) is 0 Å². The molecule has 3 unspecified atom stereocenters. The molecule has 0 amide bonds. The standard InChI is InChI=1S/C21H29N5/c1-22-21(23-13-19-11-20(19)18-6-4-3-5-7-18)26-9-8-16(15-26)10-17-12-24-25(2)14-17/h3-7,12,14,16,19-20H,8-11,13,15H2,1-2H3,(H,22,23). The lowest BCUT2D eigenvalue weighted by molar-refractivity contribution is 0.458. The van der Waals surface area contributed by atoms with E-state index in [0.717, 1.165) is 43.9 Å². The van der Waals surface area contributed by atoms with Crippen LogP contribution in [0, 0.1) is 11.8 Å². The quantitative estimate of drug-likeness (QED) is 0.665. The lowest BCUT2D eigenvalue weighted by Gasteiger charge is -2.21. The summed E-state index contributed by atoms with van der Waals surface area (Å²) in [5.74, 6) is 3.22. The van der Waals surface area contributed by atoms with E-state index in [1.807, 2.05) is 25.0 Å². The van der Waals surface area contributed by atoms with Crippen LogP contribution in [0.5, 0.6) is 0 Å². The molecule has 4 rings (SSSR count). The topological polar surface area (TPSA) is 45.5 Å². The Balaban J connectivity index is 1.25. The first kappa shape index (κ1) is 17.1. The molecule has 1 N–H and O–H groups in total. The predicted octanol–water partition coefficient (Wildman–Crippen LogP) is 2.66. The molecule has 5 heteroatoms. The Morgan fingerprint density at radius 1 is 1.31 bits per heavy atom. The van der Waals surface area contributed by atoms with Crippen LogP contribution in [0.1, 0.15) is 29.9 Å². The van der Waals surface area contributed by atoms with Crippen LogP contribution in [0.15, 0.2) is 47.7 Å². The maximum Gasteiger partial charge on any atom is 0.193 e. The molecule has 2 fully saturated rings. The van der Waals surface area contributed by atoms with Gasteiger partial charge in [-0.1, -0.05) is 30.3 Å². The second-order valence-corrected chi connectivity index (χ2v) is 7.77. The van der Waals surface area contributed by atoms with Crippen molar-refractivity contribution in [2.75, 3.05) is 26.7 Å². The van der Waals surface area contributed by atoms with Gasteiger partial charge in [0.1, 0.15) is 0 Å². The molecule has 0 radical (unpaired) electrons. The van der Waals surface area contributed by atoms with E-state index in [-0.39, 0.29) is 0 Å². The molecule has 1 aromatic carbocycles. The van der Waals surface area contributed by atoms with Gasteiger partial charge in [-0.3, -0.25) is 9.67 Å². The van der Waals surface area contributed by atoms with Gasteiger partial charge < -0.3 is 10.2 Å². The summed E-state index contributed by atoms with van der Waals surface area (Å²) in [5.41, 5.74) is 2.82. The molecule has 1 aromatic heterocycles. The molecule has 1 aliphatic heterocycles. The van der Waals surface area contributed by atoms with Gasteiger partial charge in [0, 0.05) is 39.9 Å². The highest BCUT2D eigenvalue weighted by Crippen LogP contribution is 2.46. The zero-order valence-corrected chi connectivity index (χ0v) is 15.8. The van der Waals surface area contributed by atoms with Crippen molar-refractivity contribution in [3.63, 3.8) is 0 Å². The van der Waals surface area contributed by atoms with Crippen molar-refractivity contribution in [1.82, 2.24) is 20.0 Å². The third-order valence-corrected chi connectivity index (χ3v) is 5.75. The summed E-state index contributed by atoms with van der Waals surface area (Å²) in [6, 6.07) is 10.9. The van der Waals surface area contributed by atoms with Crippen molar-refractivity contribution in [1.29, 1.82) is 0 Å². The highest BCUT2D eigenvalue weighted by atomic mass is 15.3. The molecule has 26 heavy (non-hydrogen) atoms. The lowest BCUT2D eigenvalue weighted by atomic mass is 10.0. The van der Waals surface area contributed by atoms with Gasteiger partial charge in [-0.2, -0.15) is 5.10 Å². The smallest absolute Gasteiger partial charge is 0.193 e. The fourth-order valence-corrected chi connectivity index (χ4v) is 4.24. The van der Waals surface area contributed by atoms with Gasteiger partial charge in [0.05, 0.1) is 6.20 Å². The van der Waals surface area contributed by atoms with Crippen LogP contribution in [0.25, 0.3) is 0 Å². The summed E-state index contributed by atoms with van der Waals surface area (Å²) in [7, 11) is 3.88. The minimum absolute atomic E-state index is 0.691. The largest absolute Gasteiger partial charge is 0.356 e. The molecule has 2 aliphatic rings. The van der Waals surface area contributed by atoms with E-state index in [1.54, 1.807) is 0 Å². The highest BCUT2D eigenvalue weighted by molar-refractivity contribution is 5.80. The summed E-state index contributed by atoms with van der Waals surface area (Å²) in [6.45, 7) is 3.20. The van der Waals surface area contributed by atoms with Crippen molar-refractivity contribution in [3.8, 4) is 0 Å².